The maximum absolute atomic E-state index is 5.04. The number of aryl methyl sites for hydroxylation is 2. The number of nitrogens with zero attached hydrogens (tertiary/aromatic N) is 1. The molecule has 0 aliphatic carbocycles. The van der Waals surface area contributed by atoms with Gasteiger partial charge in [0.1, 0.15) is 5.76 Å². The van der Waals surface area contributed by atoms with Crippen LogP contribution in [0.4, 0.5) is 0 Å². The summed E-state index contributed by atoms with van der Waals surface area (Å²) in [5, 5.41) is 3.89. The molecule has 0 fully saturated rings. The zero-order valence-electron chi connectivity index (χ0n) is 7.68. The molecule has 1 rings (SSSR count). The van der Waals surface area contributed by atoms with Crippen molar-refractivity contribution in [2.24, 2.45) is 0 Å². The second-order valence-corrected chi connectivity index (χ2v) is 3.35. The standard InChI is InChI=1S/C8H14N2OS/c1-6-8(4-5-9-12-3)7(2)11-10-6/h9H,4-5H2,1-3H3. The van der Waals surface area contributed by atoms with Gasteiger partial charge in [-0.1, -0.05) is 17.1 Å². The van der Waals surface area contributed by atoms with Crippen molar-refractivity contribution in [3.8, 4) is 0 Å². The van der Waals surface area contributed by atoms with E-state index in [0.29, 0.717) is 0 Å². The van der Waals surface area contributed by atoms with Crippen LogP contribution < -0.4 is 4.72 Å². The number of hydrogen-bond acceptors (Lipinski definition) is 4. The highest BCUT2D eigenvalue weighted by molar-refractivity contribution is 7.96. The Bertz CT molecular complexity index is 228. The van der Waals surface area contributed by atoms with Crippen molar-refractivity contribution in [3.05, 3.63) is 17.0 Å². The van der Waals surface area contributed by atoms with Crippen molar-refractivity contribution >= 4 is 11.9 Å². The Kier molecular flexibility index (Phi) is 3.62. The molecule has 1 aromatic heterocycles. The van der Waals surface area contributed by atoms with E-state index in [1.165, 1.54) is 5.56 Å². The van der Waals surface area contributed by atoms with Gasteiger partial charge in [0.2, 0.25) is 0 Å². The van der Waals surface area contributed by atoms with E-state index in [1.54, 1.807) is 11.9 Å². The largest absolute Gasteiger partial charge is 0.361 e. The van der Waals surface area contributed by atoms with E-state index in [2.05, 4.69) is 9.88 Å². The lowest BCUT2D eigenvalue weighted by molar-refractivity contribution is 0.392. The van der Waals surface area contributed by atoms with E-state index < -0.39 is 0 Å². The van der Waals surface area contributed by atoms with Crippen LogP contribution in [0.2, 0.25) is 0 Å². The molecule has 0 saturated carbocycles. The quantitative estimate of drug-likeness (QED) is 0.574. The second kappa shape index (κ2) is 4.52. The Morgan fingerprint density at radius 1 is 1.50 bits per heavy atom. The Morgan fingerprint density at radius 3 is 2.75 bits per heavy atom. The average molecular weight is 186 g/mol. The molecule has 0 radical (unpaired) electrons. The number of hydrogen-bond donors (Lipinski definition) is 1. The lowest BCUT2D eigenvalue weighted by atomic mass is 10.1. The van der Waals surface area contributed by atoms with Crippen LogP contribution in [0.3, 0.4) is 0 Å². The first kappa shape index (κ1) is 9.61. The molecular formula is C8H14N2OS. The molecule has 0 aliphatic heterocycles. The predicted molar refractivity (Wildman–Crippen MR) is 51.2 cm³/mol. The van der Waals surface area contributed by atoms with E-state index in [-0.39, 0.29) is 0 Å². The molecule has 0 bridgehead atoms. The van der Waals surface area contributed by atoms with Crippen LogP contribution in [0, 0.1) is 13.8 Å². The fraction of sp³-hybridized carbons (Fsp3) is 0.625. The van der Waals surface area contributed by atoms with Gasteiger partial charge in [-0.15, -0.1) is 0 Å². The van der Waals surface area contributed by atoms with Crippen molar-refractivity contribution in [2.75, 3.05) is 12.8 Å². The second-order valence-electron chi connectivity index (χ2n) is 2.65. The first-order valence-electron chi connectivity index (χ1n) is 3.93. The van der Waals surface area contributed by atoms with Gasteiger partial charge >= 0.3 is 0 Å². The highest BCUT2D eigenvalue weighted by Gasteiger charge is 2.07. The maximum Gasteiger partial charge on any atom is 0.137 e. The topological polar surface area (TPSA) is 38.1 Å². The van der Waals surface area contributed by atoms with Crippen molar-refractivity contribution in [1.82, 2.24) is 9.88 Å². The molecule has 0 saturated heterocycles. The molecule has 4 heteroatoms. The van der Waals surface area contributed by atoms with Crippen molar-refractivity contribution < 1.29 is 4.52 Å². The highest BCUT2D eigenvalue weighted by atomic mass is 32.2. The van der Waals surface area contributed by atoms with Gasteiger partial charge in [-0.25, -0.2) is 0 Å². The summed E-state index contributed by atoms with van der Waals surface area (Å²) in [6.45, 7) is 4.89. The predicted octanol–water partition coefficient (Wildman–Crippen LogP) is 1.70. The molecule has 1 N–H and O–H groups in total. The fourth-order valence-corrected chi connectivity index (χ4v) is 1.44. The monoisotopic (exact) mass is 186 g/mol. The highest BCUT2D eigenvalue weighted by Crippen LogP contribution is 2.12. The summed E-state index contributed by atoms with van der Waals surface area (Å²) < 4.78 is 8.23. The summed E-state index contributed by atoms with van der Waals surface area (Å²) in [5.41, 5.74) is 2.24. The number of rotatable bonds is 4. The minimum absolute atomic E-state index is 0.940. The van der Waals surface area contributed by atoms with Gasteiger partial charge < -0.3 is 4.52 Å². The Hall–Kier alpha value is -0.480. The van der Waals surface area contributed by atoms with E-state index >= 15 is 0 Å². The number of nitrogens with one attached hydrogen (secondary N) is 1. The lowest BCUT2D eigenvalue weighted by Gasteiger charge is -1.99. The molecule has 0 aliphatic rings. The first-order chi connectivity index (χ1) is 5.75. The normalized spacial score (nSPS) is 10.6. The van der Waals surface area contributed by atoms with Crippen LogP contribution >= 0.6 is 11.9 Å². The van der Waals surface area contributed by atoms with E-state index in [0.717, 1.165) is 24.4 Å². The molecule has 68 valence electrons. The van der Waals surface area contributed by atoms with Crippen LogP contribution in [0.5, 0.6) is 0 Å². The Morgan fingerprint density at radius 2 is 2.25 bits per heavy atom. The minimum Gasteiger partial charge on any atom is -0.361 e. The van der Waals surface area contributed by atoms with Gasteiger partial charge in [0.15, 0.2) is 0 Å². The average Bonchev–Trinajstić information content (AvgIpc) is 2.35. The van der Waals surface area contributed by atoms with Crippen molar-refractivity contribution in [1.29, 1.82) is 0 Å². The zero-order chi connectivity index (χ0) is 8.97. The molecule has 0 amide bonds. The summed E-state index contributed by atoms with van der Waals surface area (Å²) in [7, 11) is 0. The third-order valence-electron chi connectivity index (χ3n) is 1.80. The maximum atomic E-state index is 5.04. The molecule has 3 nitrogen and oxygen atoms in total. The summed E-state index contributed by atoms with van der Waals surface area (Å²) in [5.74, 6) is 0.940. The molecule has 0 spiro atoms. The Labute approximate surface area is 77.0 Å². The van der Waals surface area contributed by atoms with Gasteiger partial charge in [-0.2, -0.15) is 0 Å². The van der Waals surface area contributed by atoms with Crippen LogP contribution in [-0.2, 0) is 6.42 Å². The molecule has 12 heavy (non-hydrogen) atoms. The van der Waals surface area contributed by atoms with Gasteiger partial charge in [-0.05, 0) is 26.5 Å². The van der Waals surface area contributed by atoms with Gasteiger partial charge in [0.05, 0.1) is 5.69 Å². The first-order valence-corrected chi connectivity index (χ1v) is 5.15. The molecular weight excluding hydrogens is 172 g/mol. The van der Waals surface area contributed by atoms with Gasteiger partial charge in [0, 0.05) is 12.1 Å². The van der Waals surface area contributed by atoms with E-state index in [1.807, 2.05) is 20.1 Å². The van der Waals surface area contributed by atoms with Gasteiger partial charge in [0.25, 0.3) is 0 Å². The lowest BCUT2D eigenvalue weighted by Crippen LogP contribution is -2.08. The van der Waals surface area contributed by atoms with Crippen LogP contribution in [-0.4, -0.2) is 18.0 Å². The number of aromatic nitrogens is 1. The molecule has 1 aromatic rings. The summed E-state index contributed by atoms with van der Waals surface area (Å²) in [6, 6.07) is 0. The minimum atomic E-state index is 0.940. The van der Waals surface area contributed by atoms with E-state index in [4.69, 9.17) is 4.52 Å². The van der Waals surface area contributed by atoms with Crippen LogP contribution in [0.15, 0.2) is 4.52 Å². The fourth-order valence-electron chi connectivity index (χ4n) is 1.14. The van der Waals surface area contributed by atoms with Crippen LogP contribution in [0.25, 0.3) is 0 Å². The third kappa shape index (κ3) is 2.25. The smallest absolute Gasteiger partial charge is 0.137 e. The summed E-state index contributed by atoms with van der Waals surface area (Å²) in [4.78, 5) is 0. The molecule has 1 heterocycles. The van der Waals surface area contributed by atoms with Gasteiger partial charge in [-0.3, -0.25) is 4.72 Å². The third-order valence-corrected chi connectivity index (χ3v) is 2.30. The van der Waals surface area contributed by atoms with E-state index in [9.17, 15) is 0 Å². The zero-order valence-corrected chi connectivity index (χ0v) is 8.49. The summed E-state index contributed by atoms with van der Waals surface area (Å²) in [6.07, 6.45) is 3.01. The molecule has 0 atom stereocenters. The van der Waals surface area contributed by atoms with Crippen molar-refractivity contribution in [3.63, 3.8) is 0 Å². The Balaban J connectivity index is 2.50. The summed E-state index contributed by atoms with van der Waals surface area (Å²) >= 11 is 1.63. The van der Waals surface area contributed by atoms with Crippen LogP contribution in [0.1, 0.15) is 17.0 Å². The van der Waals surface area contributed by atoms with Crippen molar-refractivity contribution in [2.45, 2.75) is 20.3 Å². The molecule has 0 aromatic carbocycles. The molecule has 0 unspecified atom stereocenters. The SMILES string of the molecule is CSNCCc1c(C)noc1C.